The lowest BCUT2D eigenvalue weighted by Crippen LogP contribution is -2.13. The molecule has 0 saturated carbocycles. The third kappa shape index (κ3) is 5.53. The monoisotopic (exact) mass is 638 g/mol. The highest BCUT2D eigenvalue weighted by Crippen LogP contribution is 2.42. The molecular weight excluding hydrogens is 605 g/mol. The normalized spacial score (nSPS) is 11.2. The zero-order valence-electron chi connectivity index (χ0n) is 27.5. The Morgan fingerprint density at radius 1 is 0.240 bits per heavy atom. The molecular formula is C48H34N2. The van der Waals surface area contributed by atoms with Crippen molar-refractivity contribution in [2.24, 2.45) is 0 Å². The van der Waals surface area contributed by atoms with E-state index in [1.165, 1.54) is 43.4 Å². The Hall–Kier alpha value is -6.64. The van der Waals surface area contributed by atoms with Crippen molar-refractivity contribution < 1.29 is 0 Å². The van der Waals surface area contributed by atoms with Gasteiger partial charge in [0.2, 0.25) is 0 Å². The van der Waals surface area contributed by atoms with E-state index in [1.807, 2.05) is 0 Å². The molecule has 0 unspecified atom stereocenters. The molecule has 0 bridgehead atoms. The molecule has 0 aromatic heterocycles. The molecule has 0 spiro atoms. The number of fused-ring (bicyclic) bond motifs is 3. The second-order valence-electron chi connectivity index (χ2n) is 12.7. The second kappa shape index (κ2) is 12.8. The molecule has 0 radical (unpaired) electrons. The summed E-state index contributed by atoms with van der Waals surface area (Å²) in [6.07, 6.45) is 0. The fraction of sp³-hybridized carbons (Fsp3) is 0. The summed E-state index contributed by atoms with van der Waals surface area (Å²) < 4.78 is 0. The van der Waals surface area contributed by atoms with Crippen LogP contribution in [0.1, 0.15) is 0 Å². The zero-order chi connectivity index (χ0) is 33.3. The van der Waals surface area contributed by atoms with E-state index < -0.39 is 0 Å². The highest BCUT2D eigenvalue weighted by Gasteiger charge is 2.18. The van der Waals surface area contributed by atoms with Crippen LogP contribution in [0.4, 0.5) is 34.1 Å². The van der Waals surface area contributed by atoms with Gasteiger partial charge in [-0.05, 0) is 116 Å². The summed E-state index contributed by atoms with van der Waals surface area (Å²) in [7, 11) is 0. The van der Waals surface area contributed by atoms with E-state index in [0.717, 1.165) is 34.1 Å². The lowest BCUT2D eigenvalue weighted by Gasteiger charge is -2.29. The molecule has 0 heterocycles. The minimum Gasteiger partial charge on any atom is -0.310 e. The lowest BCUT2D eigenvalue weighted by atomic mass is 9.96. The van der Waals surface area contributed by atoms with E-state index in [2.05, 4.69) is 216 Å². The molecule has 236 valence electrons. The molecule has 0 amide bonds. The van der Waals surface area contributed by atoms with Crippen LogP contribution in [0.25, 0.3) is 43.4 Å². The van der Waals surface area contributed by atoms with Crippen LogP contribution in [0.3, 0.4) is 0 Å². The van der Waals surface area contributed by atoms with Gasteiger partial charge in [-0.15, -0.1) is 0 Å². The van der Waals surface area contributed by atoms with E-state index in [1.54, 1.807) is 0 Å². The summed E-state index contributed by atoms with van der Waals surface area (Å²) in [5.74, 6) is 0. The summed E-state index contributed by atoms with van der Waals surface area (Å²) in [5.41, 5.74) is 9.09. The minimum atomic E-state index is 1.08. The largest absolute Gasteiger partial charge is 0.310 e. The van der Waals surface area contributed by atoms with E-state index in [4.69, 9.17) is 0 Å². The Morgan fingerprint density at radius 2 is 0.680 bits per heavy atom. The van der Waals surface area contributed by atoms with Crippen LogP contribution >= 0.6 is 0 Å². The Kier molecular flexibility index (Phi) is 7.53. The van der Waals surface area contributed by atoms with Crippen LogP contribution in [0.15, 0.2) is 206 Å². The van der Waals surface area contributed by atoms with Crippen LogP contribution in [0.2, 0.25) is 0 Å². The number of para-hydroxylation sites is 2. The molecule has 0 atom stereocenters. The molecule has 0 aliphatic rings. The van der Waals surface area contributed by atoms with Gasteiger partial charge in [-0.1, -0.05) is 133 Å². The Morgan fingerprint density at radius 3 is 1.38 bits per heavy atom. The van der Waals surface area contributed by atoms with Gasteiger partial charge < -0.3 is 9.80 Å². The number of benzene rings is 9. The van der Waals surface area contributed by atoms with Crippen molar-refractivity contribution in [3.05, 3.63) is 206 Å². The van der Waals surface area contributed by atoms with Gasteiger partial charge in [0.1, 0.15) is 0 Å². The Labute approximate surface area is 292 Å². The van der Waals surface area contributed by atoms with Crippen LogP contribution in [0.5, 0.6) is 0 Å². The fourth-order valence-electron chi connectivity index (χ4n) is 7.15. The second-order valence-corrected chi connectivity index (χ2v) is 12.7. The van der Waals surface area contributed by atoms with Crippen LogP contribution in [0, 0.1) is 0 Å². The van der Waals surface area contributed by atoms with E-state index in [9.17, 15) is 0 Å². The summed E-state index contributed by atoms with van der Waals surface area (Å²) >= 11 is 0. The first-order valence-electron chi connectivity index (χ1n) is 17.1. The number of nitrogens with zero attached hydrogens (tertiary/aromatic N) is 2. The Bertz CT molecular complexity index is 2560. The SMILES string of the molecule is c1ccc(N(c2ccccc2)c2cccc(N(c3ccc4ccccc4c3)c3ccc4cc(-c5cccc6ccccc56)ccc4c3)c2)cc1. The molecule has 0 N–H and O–H groups in total. The third-order valence-electron chi connectivity index (χ3n) is 9.55. The maximum atomic E-state index is 2.38. The third-order valence-corrected chi connectivity index (χ3v) is 9.55. The van der Waals surface area contributed by atoms with Gasteiger partial charge in [-0.25, -0.2) is 0 Å². The number of hydrogen-bond donors (Lipinski definition) is 0. The molecule has 0 saturated heterocycles. The van der Waals surface area contributed by atoms with Crippen molar-refractivity contribution in [3.8, 4) is 11.1 Å². The van der Waals surface area contributed by atoms with Gasteiger partial charge in [0.15, 0.2) is 0 Å². The predicted octanol–water partition coefficient (Wildman–Crippen LogP) is 13.8. The van der Waals surface area contributed by atoms with E-state index in [0.29, 0.717) is 0 Å². The first kappa shape index (κ1) is 29.5. The lowest BCUT2D eigenvalue weighted by molar-refractivity contribution is 1.25. The molecule has 50 heavy (non-hydrogen) atoms. The van der Waals surface area contributed by atoms with Crippen molar-refractivity contribution in [1.29, 1.82) is 0 Å². The topological polar surface area (TPSA) is 6.48 Å². The molecule has 2 nitrogen and oxygen atoms in total. The van der Waals surface area contributed by atoms with E-state index in [-0.39, 0.29) is 0 Å². The van der Waals surface area contributed by atoms with Gasteiger partial charge >= 0.3 is 0 Å². The summed E-state index contributed by atoms with van der Waals surface area (Å²) in [5, 5.41) is 7.38. The Balaban J connectivity index is 1.18. The molecule has 0 fully saturated rings. The van der Waals surface area contributed by atoms with Gasteiger partial charge in [0.05, 0.1) is 0 Å². The number of hydrogen-bond acceptors (Lipinski definition) is 2. The predicted molar refractivity (Wildman–Crippen MR) is 214 cm³/mol. The average molecular weight is 639 g/mol. The first-order chi connectivity index (χ1) is 24.8. The van der Waals surface area contributed by atoms with Crippen molar-refractivity contribution in [3.63, 3.8) is 0 Å². The van der Waals surface area contributed by atoms with Crippen LogP contribution < -0.4 is 9.80 Å². The van der Waals surface area contributed by atoms with Crippen LogP contribution in [-0.4, -0.2) is 0 Å². The van der Waals surface area contributed by atoms with Crippen molar-refractivity contribution in [2.45, 2.75) is 0 Å². The summed E-state index contributed by atoms with van der Waals surface area (Å²) in [6, 6.07) is 74.2. The van der Waals surface area contributed by atoms with Gasteiger partial charge in [-0.2, -0.15) is 0 Å². The van der Waals surface area contributed by atoms with Crippen molar-refractivity contribution in [1.82, 2.24) is 0 Å². The maximum absolute atomic E-state index is 2.38. The average Bonchev–Trinajstić information content (AvgIpc) is 3.19. The number of anilines is 6. The quantitative estimate of drug-likeness (QED) is 0.171. The summed E-state index contributed by atoms with van der Waals surface area (Å²) in [4.78, 5) is 4.69. The first-order valence-corrected chi connectivity index (χ1v) is 17.1. The standard InChI is InChI=1S/C48H34N2/c1-3-17-41(18-4-1)49(42-19-5-2-6-20-42)43-21-12-22-44(34-43)50(45-29-27-35-13-7-8-15-37(35)32-45)46-30-28-38-31-40(26-25-39(38)33-46)48-24-11-16-36-14-9-10-23-47(36)48/h1-34H. The fourth-order valence-corrected chi connectivity index (χ4v) is 7.15. The summed E-state index contributed by atoms with van der Waals surface area (Å²) in [6.45, 7) is 0. The minimum absolute atomic E-state index is 1.08. The van der Waals surface area contributed by atoms with Gasteiger partial charge in [0.25, 0.3) is 0 Å². The highest BCUT2D eigenvalue weighted by atomic mass is 15.2. The molecule has 9 aromatic carbocycles. The molecule has 2 heteroatoms. The zero-order valence-corrected chi connectivity index (χ0v) is 27.5. The number of rotatable bonds is 7. The smallest absolute Gasteiger partial charge is 0.0482 e. The molecule has 9 aromatic rings. The van der Waals surface area contributed by atoms with Crippen LogP contribution in [-0.2, 0) is 0 Å². The van der Waals surface area contributed by atoms with Gasteiger partial charge in [-0.3, -0.25) is 0 Å². The van der Waals surface area contributed by atoms with E-state index >= 15 is 0 Å². The molecule has 9 rings (SSSR count). The molecule has 0 aliphatic carbocycles. The van der Waals surface area contributed by atoms with Gasteiger partial charge in [0, 0.05) is 34.1 Å². The van der Waals surface area contributed by atoms with Crippen molar-refractivity contribution in [2.75, 3.05) is 9.80 Å². The molecule has 0 aliphatic heterocycles. The highest BCUT2D eigenvalue weighted by molar-refractivity contribution is 6.00. The maximum Gasteiger partial charge on any atom is 0.0482 e. The van der Waals surface area contributed by atoms with Crippen molar-refractivity contribution >= 4 is 66.4 Å².